The third kappa shape index (κ3) is 3.90. The molecule has 1 saturated heterocycles. The van der Waals surface area contributed by atoms with Gasteiger partial charge in [-0.3, -0.25) is 9.59 Å². The van der Waals surface area contributed by atoms with Gasteiger partial charge in [0.25, 0.3) is 0 Å². The molecule has 0 saturated carbocycles. The maximum Gasteiger partial charge on any atom is 0.223 e. The highest BCUT2D eigenvalue weighted by molar-refractivity contribution is 5.80. The summed E-state index contributed by atoms with van der Waals surface area (Å²) in [7, 11) is 0. The van der Waals surface area contributed by atoms with Crippen LogP contribution in [-0.2, 0) is 9.59 Å². The van der Waals surface area contributed by atoms with Gasteiger partial charge in [-0.25, -0.2) is 0 Å². The monoisotopic (exact) mass is 212 g/mol. The largest absolute Gasteiger partial charge is 0.356 e. The molecule has 86 valence electrons. The molecule has 1 heterocycles. The number of carbonyl (C=O) groups is 2. The van der Waals surface area contributed by atoms with Gasteiger partial charge in [0.15, 0.2) is 0 Å². The molecule has 0 spiro atoms. The standard InChI is InChI=1S/C11H20N2O2/c1-8(2)10(14)12-6-3-4-9-5-7-13-11(9)15/h8-9H,3-7H2,1-2H3,(H,12,14)(H,13,15). The van der Waals surface area contributed by atoms with Gasteiger partial charge in [-0.1, -0.05) is 13.8 Å². The molecule has 1 unspecified atom stereocenters. The summed E-state index contributed by atoms with van der Waals surface area (Å²) in [4.78, 5) is 22.4. The fourth-order valence-corrected chi connectivity index (χ4v) is 1.68. The van der Waals surface area contributed by atoms with E-state index >= 15 is 0 Å². The van der Waals surface area contributed by atoms with Gasteiger partial charge in [0.2, 0.25) is 11.8 Å². The van der Waals surface area contributed by atoms with Crippen LogP contribution in [0, 0.1) is 11.8 Å². The Morgan fingerprint density at radius 2 is 2.33 bits per heavy atom. The van der Waals surface area contributed by atoms with Crippen LogP contribution >= 0.6 is 0 Å². The van der Waals surface area contributed by atoms with Gasteiger partial charge in [-0.15, -0.1) is 0 Å². The molecule has 2 N–H and O–H groups in total. The molecule has 0 aromatic carbocycles. The maximum atomic E-state index is 11.2. The second-order valence-corrected chi connectivity index (χ2v) is 4.36. The predicted octanol–water partition coefficient (Wildman–Crippen LogP) is 0.675. The number of amides is 2. The highest BCUT2D eigenvalue weighted by Crippen LogP contribution is 2.15. The van der Waals surface area contributed by atoms with Crippen LogP contribution in [0.4, 0.5) is 0 Å². The van der Waals surface area contributed by atoms with Crippen molar-refractivity contribution in [2.45, 2.75) is 33.1 Å². The molecule has 1 aliphatic rings. The molecule has 15 heavy (non-hydrogen) atoms. The summed E-state index contributed by atoms with van der Waals surface area (Å²) in [5.74, 6) is 0.469. The molecule has 1 fully saturated rings. The highest BCUT2D eigenvalue weighted by Gasteiger charge is 2.22. The first kappa shape index (κ1) is 12.0. The summed E-state index contributed by atoms with van der Waals surface area (Å²) >= 11 is 0. The molecule has 0 bridgehead atoms. The Hall–Kier alpha value is -1.06. The van der Waals surface area contributed by atoms with E-state index < -0.39 is 0 Å². The zero-order valence-corrected chi connectivity index (χ0v) is 9.51. The van der Waals surface area contributed by atoms with Crippen LogP contribution in [0.15, 0.2) is 0 Å². The van der Waals surface area contributed by atoms with Crippen molar-refractivity contribution >= 4 is 11.8 Å². The van der Waals surface area contributed by atoms with Crippen molar-refractivity contribution in [1.82, 2.24) is 10.6 Å². The zero-order valence-electron chi connectivity index (χ0n) is 9.51. The van der Waals surface area contributed by atoms with Gasteiger partial charge in [-0.2, -0.15) is 0 Å². The highest BCUT2D eigenvalue weighted by atomic mass is 16.2. The van der Waals surface area contributed by atoms with E-state index in [0.29, 0.717) is 6.54 Å². The van der Waals surface area contributed by atoms with Crippen LogP contribution in [0.5, 0.6) is 0 Å². The average Bonchev–Trinajstić information content (AvgIpc) is 2.58. The number of rotatable bonds is 5. The normalized spacial score (nSPS) is 20.5. The van der Waals surface area contributed by atoms with E-state index in [0.717, 1.165) is 25.8 Å². The van der Waals surface area contributed by atoms with Gasteiger partial charge in [-0.05, 0) is 19.3 Å². The quantitative estimate of drug-likeness (QED) is 0.658. The van der Waals surface area contributed by atoms with Crippen LogP contribution < -0.4 is 10.6 Å². The Morgan fingerprint density at radius 1 is 1.60 bits per heavy atom. The fraction of sp³-hybridized carbons (Fsp3) is 0.818. The van der Waals surface area contributed by atoms with Crippen LogP contribution in [0.25, 0.3) is 0 Å². The Bertz CT molecular complexity index is 239. The topological polar surface area (TPSA) is 58.2 Å². The van der Waals surface area contributed by atoms with E-state index in [1.165, 1.54) is 0 Å². The molecule has 0 aromatic heterocycles. The third-order valence-electron chi connectivity index (χ3n) is 2.72. The number of carbonyl (C=O) groups excluding carboxylic acids is 2. The minimum absolute atomic E-state index is 0.0415. The Labute approximate surface area is 90.8 Å². The van der Waals surface area contributed by atoms with Gasteiger partial charge < -0.3 is 10.6 Å². The SMILES string of the molecule is CC(C)C(=O)NCCCC1CCNC1=O. The minimum atomic E-state index is 0.0415. The molecule has 0 radical (unpaired) electrons. The minimum Gasteiger partial charge on any atom is -0.356 e. The van der Waals surface area contributed by atoms with Gasteiger partial charge in [0.05, 0.1) is 0 Å². The van der Waals surface area contributed by atoms with E-state index in [-0.39, 0.29) is 23.7 Å². The van der Waals surface area contributed by atoms with E-state index in [4.69, 9.17) is 0 Å². The maximum absolute atomic E-state index is 11.2. The van der Waals surface area contributed by atoms with Crippen molar-refractivity contribution in [2.24, 2.45) is 11.8 Å². The summed E-state index contributed by atoms with van der Waals surface area (Å²) in [6.45, 7) is 5.24. The van der Waals surface area contributed by atoms with Crippen molar-refractivity contribution in [3.05, 3.63) is 0 Å². The fourth-order valence-electron chi connectivity index (χ4n) is 1.68. The lowest BCUT2D eigenvalue weighted by Crippen LogP contribution is -2.29. The van der Waals surface area contributed by atoms with E-state index in [2.05, 4.69) is 10.6 Å². The first-order valence-corrected chi connectivity index (χ1v) is 5.66. The molecule has 4 heteroatoms. The van der Waals surface area contributed by atoms with Gasteiger partial charge in [0, 0.05) is 24.9 Å². The van der Waals surface area contributed by atoms with E-state index in [1.807, 2.05) is 13.8 Å². The van der Waals surface area contributed by atoms with Crippen LogP contribution in [0.1, 0.15) is 33.1 Å². The molecule has 4 nitrogen and oxygen atoms in total. The second kappa shape index (κ2) is 5.73. The predicted molar refractivity (Wildman–Crippen MR) is 58.2 cm³/mol. The lowest BCUT2D eigenvalue weighted by atomic mass is 10.0. The van der Waals surface area contributed by atoms with Crippen molar-refractivity contribution in [1.29, 1.82) is 0 Å². The Balaban J connectivity index is 2.06. The number of nitrogens with one attached hydrogen (secondary N) is 2. The van der Waals surface area contributed by atoms with E-state index in [1.54, 1.807) is 0 Å². The van der Waals surface area contributed by atoms with Crippen molar-refractivity contribution in [3.63, 3.8) is 0 Å². The van der Waals surface area contributed by atoms with Crippen LogP contribution in [0.3, 0.4) is 0 Å². The zero-order chi connectivity index (χ0) is 11.3. The first-order chi connectivity index (χ1) is 7.11. The third-order valence-corrected chi connectivity index (χ3v) is 2.72. The summed E-state index contributed by atoms with van der Waals surface area (Å²) in [6, 6.07) is 0. The lowest BCUT2D eigenvalue weighted by molar-refractivity contribution is -0.124. The van der Waals surface area contributed by atoms with E-state index in [9.17, 15) is 9.59 Å². The van der Waals surface area contributed by atoms with Crippen molar-refractivity contribution in [2.75, 3.05) is 13.1 Å². The number of hydrogen-bond acceptors (Lipinski definition) is 2. The van der Waals surface area contributed by atoms with Crippen LogP contribution in [-0.4, -0.2) is 24.9 Å². The number of hydrogen-bond donors (Lipinski definition) is 2. The molecule has 0 aromatic rings. The van der Waals surface area contributed by atoms with Crippen molar-refractivity contribution in [3.8, 4) is 0 Å². The summed E-state index contributed by atoms with van der Waals surface area (Å²) < 4.78 is 0. The Kier molecular flexibility index (Phi) is 4.59. The first-order valence-electron chi connectivity index (χ1n) is 5.66. The molecule has 1 rings (SSSR count). The molecule has 0 aliphatic carbocycles. The molecular formula is C11H20N2O2. The van der Waals surface area contributed by atoms with Gasteiger partial charge in [0.1, 0.15) is 0 Å². The summed E-state index contributed by atoms with van der Waals surface area (Å²) in [5, 5.41) is 5.66. The van der Waals surface area contributed by atoms with Crippen LogP contribution in [0.2, 0.25) is 0 Å². The average molecular weight is 212 g/mol. The molecule has 2 amide bonds. The summed E-state index contributed by atoms with van der Waals surface area (Å²) in [6.07, 6.45) is 2.71. The van der Waals surface area contributed by atoms with Gasteiger partial charge >= 0.3 is 0 Å². The summed E-state index contributed by atoms with van der Waals surface area (Å²) in [5.41, 5.74) is 0. The molecular weight excluding hydrogens is 192 g/mol. The Morgan fingerprint density at radius 3 is 2.87 bits per heavy atom. The molecule has 1 aliphatic heterocycles. The van der Waals surface area contributed by atoms with Crippen molar-refractivity contribution < 1.29 is 9.59 Å². The smallest absolute Gasteiger partial charge is 0.223 e. The molecule has 1 atom stereocenters. The second-order valence-electron chi connectivity index (χ2n) is 4.36. The lowest BCUT2D eigenvalue weighted by Gasteiger charge is -2.09.